The van der Waals surface area contributed by atoms with Crippen LogP contribution in [0.4, 0.5) is 11.4 Å². The SMILES string of the molecule is Cc1ccc(C(C)C)c(OCC(=O)Nc2cccc(Cl)c2N2CCCCC2)c1. The largest absolute Gasteiger partial charge is 0.483 e. The zero-order valence-corrected chi connectivity index (χ0v) is 17.7. The molecule has 0 saturated carbocycles. The second kappa shape index (κ2) is 9.33. The van der Waals surface area contributed by atoms with Crippen molar-refractivity contribution < 1.29 is 9.53 Å². The van der Waals surface area contributed by atoms with Gasteiger partial charge >= 0.3 is 0 Å². The summed E-state index contributed by atoms with van der Waals surface area (Å²) in [4.78, 5) is 14.9. The number of benzene rings is 2. The fourth-order valence-corrected chi connectivity index (χ4v) is 3.92. The number of carbonyl (C=O) groups excluding carboxylic acids is 1. The van der Waals surface area contributed by atoms with Gasteiger partial charge < -0.3 is 15.0 Å². The monoisotopic (exact) mass is 400 g/mol. The minimum atomic E-state index is -0.184. The van der Waals surface area contributed by atoms with Crippen LogP contribution in [0.15, 0.2) is 36.4 Å². The van der Waals surface area contributed by atoms with Gasteiger partial charge in [0.25, 0.3) is 5.91 Å². The first-order valence-electron chi connectivity index (χ1n) is 10.0. The standard InChI is InChI=1S/C23H29ClN2O2/c1-16(2)18-11-10-17(3)14-21(18)28-15-22(27)25-20-9-7-8-19(24)23(20)26-12-5-4-6-13-26/h7-11,14,16H,4-6,12-13,15H2,1-3H3,(H,25,27). The summed E-state index contributed by atoms with van der Waals surface area (Å²) >= 11 is 6.47. The Morgan fingerprint density at radius 3 is 2.64 bits per heavy atom. The molecule has 150 valence electrons. The quantitative estimate of drug-likeness (QED) is 0.668. The highest BCUT2D eigenvalue weighted by Gasteiger charge is 2.19. The fraction of sp³-hybridized carbons (Fsp3) is 0.435. The lowest BCUT2D eigenvalue weighted by Crippen LogP contribution is -2.31. The average Bonchev–Trinajstić information content (AvgIpc) is 2.67. The summed E-state index contributed by atoms with van der Waals surface area (Å²) in [5.74, 6) is 0.918. The number of piperidine rings is 1. The highest BCUT2D eigenvalue weighted by Crippen LogP contribution is 2.35. The maximum absolute atomic E-state index is 12.6. The second-order valence-electron chi connectivity index (χ2n) is 7.72. The number of hydrogen-bond donors (Lipinski definition) is 1. The Morgan fingerprint density at radius 2 is 1.93 bits per heavy atom. The molecule has 0 spiro atoms. The van der Waals surface area contributed by atoms with E-state index in [9.17, 15) is 4.79 Å². The summed E-state index contributed by atoms with van der Waals surface area (Å²) < 4.78 is 5.87. The summed E-state index contributed by atoms with van der Waals surface area (Å²) in [6, 6.07) is 11.8. The van der Waals surface area contributed by atoms with Crippen LogP contribution in [0.3, 0.4) is 0 Å². The van der Waals surface area contributed by atoms with Crippen molar-refractivity contribution in [2.24, 2.45) is 0 Å². The van der Waals surface area contributed by atoms with Crippen molar-refractivity contribution in [3.63, 3.8) is 0 Å². The molecule has 0 unspecified atom stereocenters. The minimum absolute atomic E-state index is 0.0326. The number of nitrogens with zero attached hydrogens (tertiary/aromatic N) is 1. The van der Waals surface area contributed by atoms with Crippen LogP contribution < -0.4 is 15.0 Å². The summed E-state index contributed by atoms with van der Waals surface area (Å²) in [6.07, 6.45) is 3.53. The second-order valence-corrected chi connectivity index (χ2v) is 8.12. The Bertz CT molecular complexity index is 829. The van der Waals surface area contributed by atoms with Crippen LogP contribution in [0, 0.1) is 6.92 Å². The molecule has 0 atom stereocenters. The maximum Gasteiger partial charge on any atom is 0.262 e. The molecule has 28 heavy (non-hydrogen) atoms. The average molecular weight is 401 g/mol. The van der Waals surface area contributed by atoms with Gasteiger partial charge in [0, 0.05) is 13.1 Å². The Labute approximate surface area is 172 Å². The maximum atomic E-state index is 12.6. The molecule has 0 aromatic heterocycles. The van der Waals surface area contributed by atoms with E-state index in [1.165, 1.54) is 6.42 Å². The highest BCUT2D eigenvalue weighted by atomic mass is 35.5. The van der Waals surface area contributed by atoms with Gasteiger partial charge in [0.1, 0.15) is 5.75 Å². The number of anilines is 2. The number of aryl methyl sites for hydroxylation is 1. The number of carbonyl (C=O) groups is 1. The molecule has 3 rings (SSSR count). The molecule has 1 saturated heterocycles. The van der Waals surface area contributed by atoms with E-state index >= 15 is 0 Å². The highest BCUT2D eigenvalue weighted by molar-refractivity contribution is 6.34. The van der Waals surface area contributed by atoms with Crippen molar-refractivity contribution in [3.05, 3.63) is 52.5 Å². The number of rotatable bonds is 6. The molecule has 5 heteroatoms. The van der Waals surface area contributed by atoms with Crippen molar-refractivity contribution in [1.82, 2.24) is 0 Å². The lowest BCUT2D eigenvalue weighted by atomic mass is 10.0. The Hall–Kier alpha value is -2.20. The first kappa shape index (κ1) is 20.5. The van der Waals surface area contributed by atoms with E-state index < -0.39 is 0 Å². The molecule has 2 aromatic carbocycles. The van der Waals surface area contributed by atoms with Gasteiger partial charge in [-0.05, 0) is 61.4 Å². The molecular formula is C23H29ClN2O2. The first-order chi connectivity index (χ1) is 13.5. The van der Waals surface area contributed by atoms with E-state index in [2.05, 4.69) is 36.2 Å². The lowest BCUT2D eigenvalue weighted by molar-refractivity contribution is -0.118. The van der Waals surface area contributed by atoms with Gasteiger partial charge in [-0.15, -0.1) is 0 Å². The van der Waals surface area contributed by atoms with Gasteiger partial charge in [-0.3, -0.25) is 4.79 Å². The van der Waals surface area contributed by atoms with Crippen molar-refractivity contribution in [3.8, 4) is 5.75 Å². The van der Waals surface area contributed by atoms with Crippen LogP contribution >= 0.6 is 11.6 Å². The van der Waals surface area contributed by atoms with Gasteiger partial charge in [-0.2, -0.15) is 0 Å². The van der Waals surface area contributed by atoms with Gasteiger partial charge in [-0.25, -0.2) is 0 Å². The van der Waals surface area contributed by atoms with E-state index in [0.29, 0.717) is 10.9 Å². The van der Waals surface area contributed by atoms with Gasteiger partial charge in [0.2, 0.25) is 0 Å². The molecule has 1 aliphatic heterocycles. The third-order valence-electron chi connectivity index (χ3n) is 5.08. The molecule has 0 bridgehead atoms. The van der Waals surface area contributed by atoms with Crippen LogP contribution in [0.25, 0.3) is 0 Å². The molecule has 1 aliphatic rings. The summed E-state index contributed by atoms with van der Waals surface area (Å²) in [5.41, 5.74) is 3.88. The topological polar surface area (TPSA) is 41.6 Å². The summed E-state index contributed by atoms with van der Waals surface area (Å²) in [6.45, 7) is 8.15. The van der Waals surface area contributed by atoms with E-state index in [-0.39, 0.29) is 12.5 Å². The summed E-state index contributed by atoms with van der Waals surface area (Å²) in [5, 5.41) is 3.66. The first-order valence-corrected chi connectivity index (χ1v) is 10.4. The Morgan fingerprint density at radius 1 is 1.18 bits per heavy atom. The number of amides is 1. The van der Waals surface area contributed by atoms with Crippen LogP contribution in [-0.4, -0.2) is 25.6 Å². The number of ether oxygens (including phenoxy) is 1. The molecule has 2 aromatic rings. The van der Waals surface area contributed by atoms with Crippen molar-refractivity contribution >= 4 is 28.9 Å². The molecule has 0 aliphatic carbocycles. The van der Waals surface area contributed by atoms with Crippen LogP contribution in [0.2, 0.25) is 5.02 Å². The van der Waals surface area contributed by atoms with Crippen LogP contribution in [-0.2, 0) is 4.79 Å². The van der Waals surface area contributed by atoms with E-state index in [1.54, 1.807) is 0 Å². The lowest BCUT2D eigenvalue weighted by Gasteiger charge is -2.31. The zero-order valence-electron chi connectivity index (χ0n) is 16.9. The van der Waals surface area contributed by atoms with E-state index in [1.807, 2.05) is 31.2 Å². The fourth-order valence-electron chi connectivity index (χ4n) is 3.63. The smallest absolute Gasteiger partial charge is 0.262 e. The van der Waals surface area contributed by atoms with Gasteiger partial charge in [-0.1, -0.05) is 43.6 Å². The number of halogens is 1. The van der Waals surface area contributed by atoms with Gasteiger partial charge in [0.05, 0.1) is 16.4 Å². The van der Waals surface area contributed by atoms with Crippen LogP contribution in [0.5, 0.6) is 5.75 Å². The predicted molar refractivity (Wildman–Crippen MR) is 117 cm³/mol. The predicted octanol–water partition coefficient (Wildman–Crippen LogP) is 5.78. The normalized spacial score (nSPS) is 14.2. The van der Waals surface area contributed by atoms with Crippen molar-refractivity contribution in [2.45, 2.75) is 46.0 Å². The number of para-hydroxylation sites is 1. The zero-order chi connectivity index (χ0) is 20.1. The molecule has 1 fully saturated rings. The van der Waals surface area contributed by atoms with Crippen molar-refractivity contribution in [2.75, 3.05) is 29.9 Å². The molecule has 1 amide bonds. The van der Waals surface area contributed by atoms with Crippen molar-refractivity contribution in [1.29, 1.82) is 0 Å². The molecule has 4 nitrogen and oxygen atoms in total. The molecular weight excluding hydrogens is 372 g/mol. The van der Waals surface area contributed by atoms with Crippen LogP contribution in [0.1, 0.15) is 50.2 Å². The van der Waals surface area contributed by atoms with E-state index in [0.717, 1.165) is 54.2 Å². The number of nitrogens with one attached hydrogen (secondary N) is 1. The Kier molecular flexibility index (Phi) is 6.84. The minimum Gasteiger partial charge on any atom is -0.483 e. The third-order valence-corrected chi connectivity index (χ3v) is 5.39. The van der Waals surface area contributed by atoms with E-state index in [4.69, 9.17) is 16.3 Å². The Balaban J connectivity index is 1.71. The molecule has 1 heterocycles. The molecule has 1 N–H and O–H groups in total. The number of hydrogen-bond acceptors (Lipinski definition) is 3. The third kappa shape index (κ3) is 4.99. The van der Waals surface area contributed by atoms with Gasteiger partial charge in [0.15, 0.2) is 6.61 Å². The summed E-state index contributed by atoms with van der Waals surface area (Å²) in [7, 11) is 0. The molecule has 0 radical (unpaired) electrons.